The lowest BCUT2D eigenvalue weighted by Crippen LogP contribution is -2.15. The van der Waals surface area contributed by atoms with Gasteiger partial charge in [-0.2, -0.15) is 0 Å². The molecule has 6 nitrogen and oxygen atoms in total. The van der Waals surface area contributed by atoms with Crippen LogP contribution in [0.25, 0.3) is 0 Å². The highest BCUT2D eigenvalue weighted by Gasteiger charge is 2.11. The minimum absolute atomic E-state index is 0.0602. The van der Waals surface area contributed by atoms with Crippen LogP contribution in [0.3, 0.4) is 0 Å². The van der Waals surface area contributed by atoms with E-state index in [0.717, 1.165) is 0 Å². The third-order valence-electron chi connectivity index (χ3n) is 2.51. The molecule has 1 heterocycles. The van der Waals surface area contributed by atoms with Gasteiger partial charge in [0.1, 0.15) is 0 Å². The molecule has 7 heteroatoms. The van der Waals surface area contributed by atoms with Gasteiger partial charge in [-0.15, -0.1) is 0 Å². The number of H-pyrrole nitrogens is 1. The number of aromatic nitrogens is 1. The molecule has 0 atom stereocenters. The van der Waals surface area contributed by atoms with Gasteiger partial charge >= 0.3 is 5.97 Å². The molecular weight excluding hydrogens is 328 g/mol. The summed E-state index contributed by atoms with van der Waals surface area (Å²) in [5.41, 5.74) is 0.346. The van der Waals surface area contributed by atoms with Crippen LogP contribution < -0.4 is 10.9 Å². The van der Waals surface area contributed by atoms with Crippen molar-refractivity contribution in [3.05, 3.63) is 62.5 Å². The van der Waals surface area contributed by atoms with E-state index >= 15 is 0 Å². The highest BCUT2D eigenvalue weighted by atomic mass is 79.9. The van der Waals surface area contributed by atoms with Gasteiger partial charge < -0.3 is 15.4 Å². The van der Waals surface area contributed by atoms with Crippen LogP contribution in [0.15, 0.2) is 45.8 Å². The van der Waals surface area contributed by atoms with Crippen molar-refractivity contribution in [1.82, 2.24) is 4.98 Å². The molecule has 20 heavy (non-hydrogen) atoms. The van der Waals surface area contributed by atoms with Crippen LogP contribution in [0.2, 0.25) is 0 Å². The van der Waals surface area contributed by atoms with Gasteiger partial charge in [0.05, 0.1) is 16.8 Å². The number of hydrogen-bond acceptors (Lipinski definition) is 3. The molecule has 0 aliphatic carbocycles. The van der Waals surface area contributed by atoms with E-state index in [-0.39, 0.29) is 16.7 Å². The Kier molecular flexibility index (Phi) is 3.99. The molecule has 0 radical (unpaired) electrons. The van der Waals surface area contributed by atoms with Gasteiger partial charge in [-0.05, 0) is 40.2 Å². The maximum Gasteiger partial charge on any atom is 0.335 e. The summed E-state index contributed by atoms with van der Waals surface area (Å²) in [6.45, 7) is 0. The number of carbonyl (C=O) groups is 2. The maximum absolute atomic E-state index is 12.0. The first kappa shape index (κ1) is 14.0. The summed E-state index contributed by atoms with van der Waals surface area (Å²) >= 11 is 3.23. The lowest BCUT2D eigenvalue weighted by Gasteiger charge is -2.08. The van der Waals surface area contributed by atoms with Crippen LogP contribution in [-0.4, -0.2) is 22.0 Å². The fourth-order valence-corrected chi connectivity index (χ4v) is 1.85. The van der Waals surface area contributed by atoms with E-state index in [1.807, 2.05) is 0 Å². The summed E-state index contributed by atoms with van der Waals surface area (Å²) in [5.74, 6) is -1.54. The summed E-state index contributed by atoms with van der Waals surface area (Å²) in [5, 5.41) is 11.5. The van der Waals surface area contributed by atoms with E-state index in [0.29, 0.717) is 10.2 Å². The van der Waals surface area contributed by atoms with Crippen molar-refractivity contribution in [2.24, 2.45) is 0 Å². The average Bonchev–Trinajstić information content (AvgIpc) is 2.41. The number of pyridine rings is 1. The summed E-state index contributed by atoms with van der Waals surface area (Å²) in [6.07, 6.45) is 1.28. The SMILES string of the molecule is O=C(O)c1ccc(Br)c(NC(=O)c2ccc(=O)[nH]c2)c1. The molecule has 0 aliphatic heterocycles. The molecule has 0 spiro atoms. The van der Waals surface area contributed by atoms with Crippen LogP contribution in [0.4, 0.5) is 5.69 Å². The number of halogens is 1. The number of amides is 1. The van der Waals surface area contributed by atoms with Crippen molar-refractivity contribution >= 4 is 33.5 Å². The number of hydrogen-bond donors (Lipinski definition) is 3. The zero-order chi connectivity index (χ0) is 14.7. The Morgan fingerprint density at radius 2 is 1.85 bits per heavy atom. The van der Waals surface area contributed by atoms with Gasteiger partial charge in [0.25, 0.3) is 5.91 Å². The number of rotatable bonds is 3. The second-order valence-corrected chi connectivity index (χ2v) is 4.75. The third-order valence-corrected chi connectivity index (χ3v) is 3.20. The summed E-state index contributed by atoms with van der Waals surface area (Å²) < 4.78 is 0.556. The number of carboxylic acids is 1. The Bertz CT molecular complexity index is 719. The number of carbonyl (C=O) groups excluding carboxylic acids is 1. The lowest BCUT2D eigenvalue weighted by molar-refractivity contribution is 0.0696. The van der Waals surface area contributed by atoms with Crippen LogP contribution in [0, 0.1) is 0 Å². The van der Waals surface area contributed by atoms with Crippen molar-refractivity contribution in [3.63, 3.8) is 0 Å². The number of anilines is 1. The Morgan fingerprint density at radius 1 is 1.15 bits per heavy atom. The molecule has 102 valence electrons. The quantitative estimate of drug-likeness (QED) is 0.798. The molecule has 0 saturated heterocycles. The topological polar surface area (TPSA) is 99.3 Å². The van der Waals surface area contributed by atoms with Crippen molar-refractivity contribution in [3.8, 4) is 0 Å². The van der Waals surface area contributed by atoms with Crippen LogP contribution >= 0.6 is 15.9 Å². The second kappa shape index (κ2) is 5.70. The molecule has 0 unspecified atom stereocenters. The predicted molar refractivity (Wildman–Crippen MR) is 76.1 cm³/mol. The van der Waals surface area contributed by atoms with Crippen LogP contribution in [0.5, 0.6) is 0 Å². The van der Waals surface area contributed by atoms with E-state index < -0.39 is 11.9 Å². The largest absolute Gasteiger partial charge is 0.478 e. The first-order chi connectivity index (χ1) is 9.47. The molecule has 1 aromatic carbocycles. The standard InChI is InChI=1S/C13H9BrN2O4/c14-9-3-1-7(13(19)20)5-10(9)16-12(18)8-2-4-11(17)15-6-8/h1-6H,(H,15,17)(H,16,18)(H,19,20). The monoisotopic (exact) mass is 336 g/mol. The molecule has 2 rings (SSSR count). The minimum atomic E-state index is -1.09. The molecular formula is C13H9BrN2O4. The number of aromatic amines is 1. The van der Waals surface area contributed by atoms with E-state index in [1.54, 1.807) is 0 Å². The number of nitrogens with one attached hydrogen (secondary N) is 2. The number of carboxylic acid groups (broad SMARTS) is 1. The molecule has 0 fully saturated rings. The highest BCUT2D eigenvalue weighted by molar-refractivity contribution is 9.10. The Balaban J connectivity index is 2.27. The van der Waals surface area contributed by atoms with Gasteiger partial charge in [-0.3, -0.25) is 9.59 Å². The molecule has 3 N–H and O–H groups in total. The normalized spacial score (nSPS) is 10.1. The molecule has 0 bridgehead atoms. The van der Waals surface area contributed by atoms with Gasteiger partial charge in [0, 0.05) is 16.7 Å². The Morgan fingerprint density at radius 3 is 2.45 bits per heavy atom. The van der Waals surface area contributed by atoms with E-state index in [4.69, 9.17) is 5.11 Å². The summed E-state index contributed by atoms with van der Waals surface area (Å²) in [4.78, 5) is 36.2. The van der Waals surface area contributed by atoms with E-state index in [2.05, 4.69) is 26.2 Å². The fraction of sp³-hybridized carbons (Fsp3) is 0. The maximum atomic E-state index is 12.0. The van der Waals surface area contributed by atoms with Crippen molar-refractivity contribution in [2.45, 2.75) is 0 Å². The molecule has 0 aliphatic rings. The van der Waals surface area contributed by atoms with Crippen molar-refractivity contribution in [1.29, 1.82) is 0 Å². The summed E-state index contributed by atoms with van der Waals surface area (Å²) in [7, 11) is 0. The van der Waals surface area contributed by atoms with Gasteiger partial charge in [0.15, 0.2) is 0 Å². The predicted octanol–water partition coefficient (Wildman–Crippen LogP) is 2.09. The second-order valence-electron chi connectivity index (χ2n) is 3.90. The number of benzene rings is 1. The lowest BCUT2D eigenvalue weighted by atomic mass is 10.2. The van der Waals surface area contributed by atoms with Gasteiger partial charge in [0.2, 0.25) is 5.56 Å². The first-order valence-electron chi connectivity index (χ1n) is 5.50. The average molecular weight is 337 g/mol. The summed E-state index contributed by atoms with van der Waals surface area (Å²) in [6, 6.07) is 6.91. The van der Waals surface area contributed by atoms with Crippen LogP contribution in [-0.2, 0) is 0 Å². The van der Waals surface area contributed by atoms with Gasteiger partial charge in [-0.1, -0.05) is 0 Å². The Hall–Kier alpha value is -2.41. The third kappa shape index (κ3) is 3.12. The molecule has 1 aromatic heterocycles. The molecule has 0 saturated carbocycles. The highest BCUT2D eigenvalue weighted by Crippen LogP contribution is 2.24. The first-order valence-corrected chi connectivity index (χ1v) is 6.29. The van der Waals surface area contributed by atoms with E-state index in [1.165, 1.54) is 36.5 Å². The van der Waals surface area contributed by atoms with Crippen LogP contribution in [0.1, 0.15) is 20.7 Å². The van der Waals surface area contributed by atoms with E-state index in [9.17, 15) is 14.4 Å². The van der Waals surface area contributed by atoms with Crippen molar-refractivity contribution < 1.29 is 14.7 Å². The van der Waals surface area contributed by atoms with Crippen molar-refractivity contribution in [2.75, 3.05) is 5.32 Å². The van der Waals surface area contributed by atoms with Gasteiger partial charge in [-0.25, -0.2) is 4.79 Å². The zero-order valence-electron chi connectivity index (χ0n) is 10.0. The minimum Gasteiger partial charge on any atom is -0.478 e. The molecule has 1 amide bonds. The molecule has 2 aromatic rings. The fourth-order valence-electron chi connectivity index (χ4n) is 1.50. The zero-order valence-corrected chi connectivity index (χ0v) is 11.6. The number of aromatic carboxylic acids is 1. The Labute approximate surface area is 121 Å². The smallest absolute Gasteiger partial charge is 0.335 e.